The predicted octanol–water partition coefficient (Wildman–Crippen LogP) is 4.06. The van der Waals surface area contributed by atoms with Gasteiger partial charge in [-0.2, -0.15) is 0 Å². The summed E-state index contributed by atoms with van der Waals surface area (Å²) in [6.07, 6.45) is 11.5. The summed E-state index contributed by atoms with van der Waals surface area (Å²) >= 11 is 0. The molecule has 4 rings (SSSR count). The molecule has 1 aliphatic heterocycles. The summed E-state index contributed by atoms with van der Waals surface area (Å²) in [6.45, 7) is 2.32. The van der Waals surface area contributed by atoms with E-state index in [2.05, 4.69) is 9.88 Å². The summed E-state index contributed by atoms with van der Waals surface area (Å²) in [5, 5.41) is 2.26. The first-order chi connectivity index (χ1) is 14.6. The smallest absolute Gasteiger partial charge is 0.335 e. The van der Waals surface area contributed by atoms with Gasteiger partial charge in [0, 0.05) is 24.5 Å². The molecule has 1 aromatic heterocycles. The minimum atomic E-state index is -0.768. The highest BCUT2D eigenvalue weighted by Crippen LogP contribution is 2.29. The largest absolute Gasteiger partial charge is 0.494 e. The van der Waals surface area contributed by atoms with Crippen molar-refractivity contribution in [1.82, 2.24) is 9.88 Å². The van der Waals surface area contributed by atoms with Crippen molar-refractivity contribution in [3.8, 4) is 5.75 Å². The van der Waals surface area contributed by atoms with Crippen LogP contribution in [0, 0.1) is 0 Å². The van der Waals surface area contributed by atoms with E-state index in [4.69, 9.17) is 4.74 Å². The lowest BCUT2D eigenvalue weighted by atomic mass is 9.95. The lowest BCUT2D eigenvalue weighted by molar-refractivity contribution is -0.122. The van der Waals surface area contributed by atoms with Crippen molar-refractivity contribution in [1.29, 1.82) is 0 Å². The Hall–Kier alpha value is -3.35. The highest BCUT2D eigenvalue weighted by Gasteiger charge is 2.37. The van der Waals surface area contributed by atoms with Crippen LogP contribution >= 0.6 is 0 Å². The second-order valence-electron chi connectivity index (χ2n) is 7.57. The minimum absolute atomic E-state index is 0.0715. The van der Waals surface area contributed by atoms with Crippen LogP contribution in [0.1, 0.15) is 50.6 Å². The first-order valence-electron chi connectivity index (χ1n) is 10.4. The lowest BCUT2D eigenvalue weighted by Crippen LogP contribution is -2.54. The van der Waals surface area contributed by atoms with Gasteiger partial charge in [0.25, 0.3) is 11.8 Å². The number of nitrogens with one attached hydrogen (secondary N) is 1. The number of carbonyl (C=O) groups is 3. The van der Waals surface area contributed by atoms with Crippen LogP contribution in [0.5, 0.6) is 5.75 Å². The normalized spacial score (nSPS) is 19.3. The Balaban J connectivity index is 1.61. The number of urea groups is 1. The Morgan fingerprint density at radius 3 is 2.70 bits per heavy atom. The molecule has 30 heavy (non-hydrogen) atoms. The molecule has 1 aromatic carbocycles. The quantitative estimate of drug-likeness (QED) is 0.599. The Labute approximate surface area is 175 Å². The second-order valence-corrected chi connectivity index (χ2v) is 7.57. The average Bonchev–Trinajstić information content (AvgIpc) is 3.21. The second kappa shape index (κ2) is 8.57. The molecule has 2 heterocycles. The van der Waals surface area contributed by atoms with Crippen molar-refractivity contribution in [2.75, 3.05) is 11.5 Å². The van der Waals surface area contributed by atoms with Gasteiger partial charge in [-0.15, -0.1) is 0 Å². The summed E-state index contributed by atoms with van der Waals surface area (Å²) in [4.78, 5) is 38.8. The number of benzene rings is 1. The standard InChI is InChI=1S/C23H25N3O4/c1-2-30-19-10-6-9-18(14-19)26-22(28)20(21(27)24-23(26)29)13-16-11-12-25(15-16)17-7-4-3-5-8-17/h6,9-15,17H,2-5,7-8H2,1H3,(H,24,27,29)/b20-13-. The van der Waals surface area contributed by atoms with Crippen molar-refractivity contribution in [3.63, 3.8) is 0 Å². The Morgan fingerprint density at radius 1 is 1.13 bits per heavy atom. The molecule has 0 unspecified atom stereocenters. The maximum Gasteiger partial charge on any atom is 0.335 e. The minimum Gasteiger partial charge on any atom is -0.494 e. The third kappa shape index (κ3) is 4.01. The fraction of sp³-hybridized carbons (Fsp3) is 0.348. The molecule has 0 spiro atoms. The van der Waals surface area contributed by atoms with Crippen LogP contribution < -0.4 is 15.0 Å². The van der Waals surface area contributed by atoms with E-state index >= 15 is 0 Å². The van der Waals surface area contributed by atoms with E-state index in [0.717, 1.165) is 23.3 Å². The molecule has 7 heteroatoms. The molecule has 4 amide bonds. The molecular formula is C23H25N3O4. The number of anilines is 1. The number of ether oxygens (including phenoxy) is 1. The van der Waals surface area contributed by atoms with Gasteiger partial charge in [0.1, 0.15) is 11.3 Å². The van der Waals surface area contributed by atoms with Gasteiger partial charge >= 0.3 is 6.03 Å². The Bertz CT molecular complexity index is 1000. The van der Waals surface area contributed by atoms with E-state index in [-0.39, 0.29) is 5.57 Å². The predicted molar refractivity (Wildman–Crippen MR) is 113 cm³/mol. The average molecular weight is 407 g/mol. The van der Waals surface area contributed by atoms with Crippen LogP contribution in [-0.2, 0) is 9.59 Å². The first-order valence-corrected chi connectivity index (χ1v) is 10.4. The lowest BCUT2D eigenvalue weighted by Gasteiger charge is -2.26. The number of aromatic nitrogens is 1. The van der Waals surface area contributed by atoms with Gasteiger partial charge in [-0.25, -0.2) is 9.69 Å². The molecule has 0 atom stereocenters. The molecule has 1 N–H and O–H groups in total. The third-order valence-corrected chi connectivity index (χ3v) is 5.53. The van der Waals surface area contributed by atoms with Crippen LogP contribution in [-0.4, -0.2) is 29.0 Å². The van der Waals surface area contributed by atoms with E-state index in [1.165, 1.54) is 19.3 Å². The number of amides is 4. The number of hydrogen-bond acceptors (Lipinski definition) is 4. The number of rotatable bonds is 5. The van der Waals surface area contributed by atoms with Crippen LogP contribution in [0.3, 0.4) is 0 Å². The number of barbiturate groups is 1. The third-order valence-electron chi connectivity index (χ3n) is 5.53. The summed E-state index contributed by atoms with van der Waals surface area (Å²) in [5.74, 6) is -0.793. The molecule has 156 valence electrons. The van der Waals surface area contributed by atoms with E-state index in [1.807, 2.05) is 25.4 Å². The summed E-state index contributed by atoms with van der Waals surface area (Å²) in [7, 11) is 0. The maximum absolute atomic E-state index is 13.1. The monoisotopic (exact) mass is 407 g/mol. The van der Waals surface area contributed by atoms with Gasteiger partial charge in [-0.05, 0) is 49.6 Å². The molecule has 2 aromatic rings. The van der Waals surface area contributed by atoms with Crippen molar-refractivity contribution in [2.24, 2.45) is 0 Å². The molecule has 0 bridgehead atoms. The molecule has 2 aliphatic rings. The zero-order chi connectivity index (χ0) is 21.1. The molecular weight excluding hydrogens is 382 g/mol. The zero-order valence-corrected chi connectivity index (χ0v) is 17.0. The highest BCUT2D eigenvalue weighted by atomic mass is 16.5. The van der Waals surface area contributed by atoms with Crippen molar-refractivity contribution >= 4 is 29.6 Å². The van der Waals surface area contributed by atoms with Crippen molar-refractivity contribution < 1.29 is 19.1 Å². The number of imide groups is 2. The Kier molecular flexibility index (Phi) is 5.70. The van der Waals surface area contributed by atoms with E-state index in [1.54, 1.807) is 30.3 Å². The van der Waals surface area contributed by atoms with Crippen LogP contribution in [0.15, 0.2) is 48.3 Å². The summed E-state index contributed by atoms with van der Waals surface area (Å²) < 4.78 is 7.62. The van der Waals surface area contributed by atoms with Gasteiger partial charge < -0.3 is 9.30 Å². The van der Waals surface area contributed by atoms with Crippen LogP contribution in [0.4, 0.5) is 10.5 Å². The SMILES string of the molecule is CCOc1cccc(N2C(=O)NC(=O)/C(=C/c3ccn(C4CCCCC4)c3)C2=O)c1. The summed E-state index contributed by atoms with van der Waals surface area (Å²) in [6, 6.07) is 8.26. The van der Waals surface area contributed by atoms with E-state index < -0.39 is 17.8 Å². The molecule has 1 saturated carbocycles. The fourth-order valence-electron chi connectivity index (χ4n) is 4.06. The molecule has 0 radical (unpaired) electrons. The maximum atomic E-state index is 13.1. The van der Waals surface area contributed by atoms with Gasteiger partial charge in [-0.3, -0.25) is 14.9 Å². The van der Waals surface area contributed by atoms with Crippen LogP contribution in [0.25, 0.3) is 6.08 Å². The van der Waals surface area contributed by atoms with Gasteiger partial charge in [-0.1, -0.05) is 25.3 Å². The van der Waals surface area contributed by atoms with Gasteiger partial charge in [0.15, 0.2) is 0 Å². The van der Waals surface area contributed by atoms with Gasteiger partial charge in [0.05, 0.1) is 12.3 Å². The Morgan fingerprint density at radius 2 is 1.93 bits per heavy atom. The number of nitrogens with zero attached hydrogens (tertiary/aromatic N) is 2. The van der Waals surface area contributed by atoms with E-state index in [9.17, 15) is 14.4 Å². The molecule has 2 fully saturated rings. The molecule has 7 nitrogen and oxygen atoms in total. The molecule has 1 saturated heterocycles. The van der Waals surface area contributed by atoms with E-state index in [0.29, 0.717) is 24.1 Å². The summed E-state index contributed by atoms with van der Waals surface area (Å²) in [5.41, 5.74) is 1.04. The van der Waals surface area contributed by atoms with Crippen molar-refractivity contribution in [2.45, 2.75) is 45.1 Å². The van der Waals surface area contributed by atoms with Crippen LogP contribution in [0.2, 0.25) is 0 Å². The highest BCUT2D eigenvalue weighted by molar-refractivity contribution is 6.39. The fourth-order valence-corrected chi connectivity index (χ4v) is 4.06. The number of carbonyl (C=O) groups excluding carboxylic acids is 3. The zero-order valence-electron chi connectivity index (χ0n) is 17.0. The number of hydrogen-bond donors (Lipinski definition) is 1. The molecule has 1 aliphatic carbocycles. The topological polar surface area (TPSA) is 80.6 Å². The van der Waals surface area contributed by atoms with Gasteiger partial charge in [0.2, 0.25) is 0 Å². The van der Waals surface area contributed by atoms with Crippen molar-refractivity contribution in [3.05, 3.63) is 53.9 Å². The first kappa shape index (κ1) is 19.9.